The first-order valence-corrected chi connectivity index (χ1v) is 4.86. The van der Waals surface area contributed by atoms with Gasteiger partial charge in [-0.05, 0) is 12.1 Å². The van der Waals surface area contributed by atoms with Crippen molar-refractivity contribution in [2.45, 2.75) is 6.10 Å². The maximum Gasteiger partial charge on any atom is 0.124 e. The van der Waals surface area contributed by atoms with Gasteiger partial charge in [-0.15, -0.1) is 36.2 Å². The Bertz CT molecular complexity index is 388. The summed E-state index contributed by atoms with van der Waals surface area (Å²) in [5.41, 5.74) is 6.27. The lowest BCUT2D eigenvalue weighted by atomic mass is 10.3. The normalized spacial score (nSPS) is 11.6. The second kappa shape index (κ2) is 6.25. The van der Waals surface area contributed by atoms with E-state index in [1.165, 1.54) is 11.3 Å². The standard InChI is InChI=1S/C9H10N2OS.2ClH/c10-5-7(12)9-11-6-3-1-2-4-8(6)13-9;;/h1-4,7,12H,5,10H2;2*1H. The van der Waals surface area contributed by atoms with Gasteiger partial charge in [0.15, 0.2) is 0 Å². The van der Waals surface area contributed by atoms with Crippen LogP contribution in [0.4, 0.5) is 0 Å². The zero-order chi connectivity index (χ0) is 9.26. The molecule has 0 saturated heterocycles. The number of nitrogens with zero attached hydrogens (tertiary/aromatic N) is 1. The molecule has 84 valence electrons. The highest BCUT2D eigenvalue weighted by Crippen LogP contribution is 2.25. The van der Waals surface area contributed by atoms with Gasteiger partial charge < -0.3 is 10.8 Å². The first-order chi connectivity index (χ1) is 6.31. The zero-order valence-corrected chi connectivity index (χ0v) is 10.2. The fourth-order valence-electron chi connectivity index (χ4n) is 1.13. The number of fused-ring (bicyclic) bond motifs is 1. The van der Waals surface area contributed by atoms with Crippen molar-refractivity contribution in [1.82, 2.24) is 4.98 Å². The van der Waals surface area contributed by atoms with Crippen LogP contribution in [0, 0.1) is 0 Å². The lowest BCUT2D eigenvalue weighted by Crippen LogP contribution is -2.10. The molecule has 0 aliphatic rings. The van der Waals surface area contributed by atoms with Gasteiger partial charge in [-0.3, -0.25) is 0 Å². The van der Waals surface area contributed by atoms with Crippen molar-refractivity contribution in [3.63, 3.8) is 0 Å². The Morgan fingerprint density at radius 2 is 2.00 bits per heavy atom. The molecule has 0 spiro atoms. The van der Waals surface area contributed by atoms with Gasteiger partial charge in [0.25, 0.3) is 0 Å². The van der Waals surface area contributed by atoms with Crippen LogP contribution in [0.1, 0.15) is 11.1 Å². The van der Waals surface area contributed by atoms with E-state index < -0.39 is 6.10 Å². The number of nitrogens with two attached hydrogens (primary N) is 1. The van der Waals surface area contributed by atoms with E-state index in [1.807, 2.05) is 24.3 Å². The van der Waals surface area contributed by atoms with Gasteiger partial charge in [-0.2, -0.15) is 0 Å². The molecule has 0 aliphatic carbocycles. The van der Waals surface area contributed by atoms with Crippen LogP contribution in [-0.4, -0.2) is 16.6 Å². The number of para-hydroxylation sites is 1. The van der Waals surface area contributed by atoms with E-state index in [0.29, 0.717) is 5.01 Å². The van der Waals surface area contributed by atoms with Crippen LogP contribution in [0.3, 0.4) is 0 Å². The number of aliphatic hydroxyl groups is 1. The van der Waals surface area contributed by atoms with Crippen LogP contribution >= 0.6 is 36.2 Å². The van der Waals surface area contributed by atoms with Crippen LogP contribution in [0.15, 0.2) is 24.3 Å². The van der Waals surface area contributed by atoms with Gasteiger partial charge in [0, 0.05) is 6.54 Å². The minimum atomic E-state index is -0.627. The molecule has 0 fully saturated rings. The number of hydrogen-bond donors (Lipinski definition) is 2. The first kappa shape index (κ1) is 14.6. The molecule has 1 unspecified atom stereocenters. The molecule has 1 atom stereocenters. The Balaban J connectivity index is 0.000000980. The minimum Gasteiger partial charge on any atom is -0.385 e. The molecular weight excluding hydrogens is 255 g/mol. The van der Waals surface area contributed by atoms with E-state index in [9.17, 15) is 5.11 Å². The molecular formula is C9H12Cl2N2OS. The predicted octanol–water partition coefficient (Wildman–Crippen LogP) is 2.13. The van der Waals surface area contributed by atoms with Crippen molar-refractivity contribution in [2.24, 2.45) is 5.73 Å². The van der Waals surface area contributed by atoms with Crippen molar-refractivity contribution >= 4 is 46.4 Å². The highest BCUT2D eigenvalue weighted by Gasteiger charge is 2.10. The lowest BCUT2D eigenvalue weighted by Gasteiger charge is -2.00. The molecule has 0 aliphatic heterocycles. The third kappa shape index (κ3) is 3.03. The predicted molar refractivity (Wildman–Crippen MR) is 68.1 cm³/mol. The topological polar surface area (TPSA) is 59.1 Å². The van der Waals surface area contributed by atoms with Crippen molar-refractivity contribution in [3.05, 3.63) is 29.3 Å². The van der Waals surface area contributed by atoms with E-state index in [0.717, 1.165) is 10.2 Å². The van der Waals surface area contributed by atoms with Gasteiger partial charge in [0.1, 0.15) is 11.1 Å². The van der Waals surface area contributed by atoms with E-state index in [1.54, 1.807) is 0 Å². The smallest absolute Gasteiger partial charge is 0.124 e. The molecule has 6 heteroatoms. The number of thiazole rings is 1. The Morgan fingerprint density at radius 3 is 2.60 bits per heavy atom. The summed E-state index contributed by atoms with van der Waals surface area (Å²) in [4.78, 5) is 4.27. The van der Waals surface area contributed by atoms with Crippen molar-refractivity contribution in [2.75, 3.05) is 6.54 Å². The second-order valence-corrected chi connectivity index (χ2v) is 3.83. The van der Waals surface area contributed by atoms with E-state index in [2.05, 4.69) is 4.98 Å². The number of rotatable bonds is 2. The average Bonchev–Trinajstić information content (AvgIpc) is 2.59. The molecule has 2 rings (SSSR count). The van der Waals surface area contributed by atoms with Gasteiger partial charge in [-0.1, -0.05) is 12.1 Å². The molecule has 0 saturated carbocycles. The summed E-state index contributed by atoms with van der Waals surface area (Å²) in [6, 6.07) is 7.80. The maximum atomic E-state index is 9.45. The van der Waals surface area contributed by atoms with Crippen LogP contribution < -0.4 is 5.73 Å². The second-order valence-electron chi connectivity index (χ2n) is 2.77. The number of aromatic nitrogens is 1. The molecule has 0 amide bonds. The first-order valence-electron chi connectivity index (χ1n) is 4.05. The van der Waals surface area contributed by atoms with Gasteiger partial charge in [0.05, 0.1) is 10.2 Å². The summed E-state index contributed by atoms with van der Waals surface area (Å²) in [5.74, 6) is 0. The molecule has 15 heavy (non-hydrogen) atoms. The van der Waals surface area contributed by atoms with Gasteiger partial charge in [-0.25, -0.2) is 4.98 Å². The van der Waals surface area contributed by atoms with Gasteiger partial charge >= 0.3 is 0 Å². The number of aliphatic hydroxyl groups excluding tert-OH is 1. The minimum absolute atomic E-state index is 0. The third-order valence-corrected chi connectivity index (χ3v) is 2.96. The maximum absolute atomic E-state index is 9.45. The summed E-state index contributed by atoms with van der Waals surface area (Å²) < 4.78 is 1.09. The highest BCUT2D eigenvalue weighted by atomic mass is 35.5. The fourth-order valence-corrected chi connectivity index (χ4v) is 2.10. The highest BCUT2D eigenvalue weighted by molar-refractivity contribution is 7.18. The molecule has 0 radical (unpaired) electrons. The largest absolute Gasteiger partial charge is 0.385 e. The number of hydrogen-bond acceptors (Lipinski definition) is 4. The summed E-state index contributed by atoms with van der Waals surface area (Å²) in [6.07, 6.45) is -0.627. The van der Waals surface area contributed by atoms with E-state index in [4.69, 9.17) is 5.73 Å². The van der Waals surface area contributed by atoms with Crippen LogP contribution in [-0.2, 0) is 0 Å². The zero-order valence-electron chi connectivity index (χ0n) is 7.79. The SMILES string of the molecule is Cl.Cl.NCC(O)c1nc2ccccc2s1. The summed E-state index contributed by atoms with van der Waals surface area (Å²) >= 11 is 1.49. The molecule has 3 nitrogen and oxygen atoms in total. The average molecular weight is 267 g/mol. The van der Waals surface area contributed by atoms with Crippen molar-refractivity contribution in [1.29, 1.82) is 0 Å². The molecule has 1 aromatic heterocycles. The van der Waals surface area contributed by atoms with Crippen LogP contribution in [0.2, 0.25) is 0 Å². The third-order valence-electron chi connectivity index (χ3n) is 1.82. The van der Waals surface area contributed by atoms with Crippen LogP contribution in [0.25, 0.3) is 10.2 Å². The molecule has 1 aromatic carbocycles. The quantitative estimate of drug-likeness (QED) is 0.876. The molecule has 1 heterocycles. The summed E-state index contributed by atoms with van der Waals surface area (Å²) in [6.45, 7) is 0.222. The number of benzene rings is 1. The van der Waals surface area contributed by atoms with Crippen LogP contribution in [0.5, 0.6) is 0 Å². The number of halogens is 2. The van der Waals surface area contributed by atoms with Gasteiger partial charge in [0.2, 0.25) is 0 Å². The van der Waals surface area contributed by atoms with Crippen molar-refractivity contribution in [3.8, 4) is 0 Å². The van der Waals surface area contributed by atoms with E-state index >= 15 is 0 Å². The Kier molecular flexibility index (Phi) is 6.09. The lowest BCUT2D eigenvalue weighted by molar-refractivity contribution is 0.186. The Hall–Kier alpha value is -0.390. The Morgan fingerprint density at radius 1 is 1.33 bits per heavy atom. The molecule has 0 bridgehead atoms. The summed E-state index contributed by atoms with van der Waals surface area (Å²) in [5, 5.41) is 10.2. The molecule has 3 N–H and O–H groups in total. The van der Waals surface area contributed by atoms with Crippen molar-refractivity contribution < 1.29 is 5.11 Å². The monoisotopic (exact) mass is 266 g/mol. The molecule has 2 aromatic rings. The van der Waals surface area contributed by atoms with E-state index in [-0.39, 0.29) is 31.4 Å². The Labute approximate surface area is 104 Å². The summed E-state index contributed by atoms with van der Waals surface area (Å²) in [7, 11) is 0. The fraction of sp³-hybridized carbons (Fsp3) is 0.222.